The first-order valence-electron chi connectivity index (χ1n) is 6.28. The van der Waals surface area contributed by atoms with Gasteiger partial charge >= 0.3 is 5.97 Å². The molecule has 0 bridgehead atoms. The second-order valence-corrected chi connectivity index (χ2v) is 5.80. The van der Waals surface area contributed by atoms with E-state index < -0.39 is 11.9 Å². The van der Waals surface area contributed by atoms with Gasteiger partial charge in [0.05, 0.1) is 10.4 Å². The van der Waals surface area contributed by atoms with E-state index in [0.29, 0.717) is 29.9 Å². The van der Waals surface area contributed by atoms with E-state index in [1.807, 2.05) is 13.8 Å². The molecule has 1 rings (SSSR count). The topological polar surface area (TPSA) is 49.3 Å². The van der Waals surface area contributed by atoms with E-state index in [4.69, 9.17) is 5.11 Å². The number of halogens is 2. The fourth-order valence-electron chi connectivity index (χ4n) is 1.91. The van der Waals surface area contributed by atoms with Crippen LogP contribution in [0.25, 0.3) is 0 Å². The first-order chi connectivity index (χ1) is 8.91. The van der Waals surface area contributed by atoms with E-state index in [1.54, 1.807) is 12.1 Å². The Balaban J connectivity index is 2.52. The minimum atomic E-state index is -0.792. The molecule has 0 saturated carbocycles. The van der Waals surface area contributed by atoms with Crippen LogP contribution in [0.1, 0.15) is 25.8 Å². The monoisotopic (exact) mass is 331 g/mol. The average Bonchev–Trinajstić information content (AvgIpc) is 2.32. The van der Waals surface area contributed by atoms with Gasteiger partial charge in [-0.1, -0.05) is 26.0 Å². The number of nitrogens with one attached hydrogen (secondary N) is 1. The van der Waals surface area contributed by atoms with Crippen molar-refractivity contribution in [2.24, 2.45) is 11.8 Å². The van der Waals surface area contributed by atoms with Crippen LogP contribution in [0.3, 0.4) is 0 Å². The molecule has 0 saturated heterocycles. The Kier molecular flexibility index (Phi) is 6.45. The van der Waals surface area contributed by atoms with Crippen LogP contribution in [0.2, 0.25) is 0 Å². The van der Waals surface area contributed by atoms with Crippen LogP contribution in [0, 0.1) is 17.7 Å². The maximum Gasteiger partial charge on any atom is 0.307 e. The van der Waals surface area contributed by atoms with Gasteiger partial charge in [0.1, 0.15) is 5.82 Å². The zero-order valence-corrected chi connectivity index (χ0v) is 12.7. The molecule has 0 fully saturated rings. The number of carbonyl (C=O) groups is 1. The molecule has 0 aliphatic rings. The summed E-state index contributed by atoms with van der Waals surface area (Å²) in [4.78, 5) is 11.1. The molecule has 2 N–H and O–H groups in total. The van der Waals surface area contributed by atoms with Crippen molar-refractivity contribution in [3.05, 3.63) is 34.1 Å². The Morgan fingerprint density at radius 1 is 1.47 bits per heavy atom. The number of hydrogen-bond acceptors (Lipinski definition) is 2. The van der Waals surface area contributed by atoms with E-state index in [2.05, 4.69) is 21.2 Å². The number of rotatable bonds is 7. The van der Waals surface area contributed by atoms with Gasteiger partial charge in [0.2, 0.25) is 0 Å². The molecule has 0 heterocycles. The summed E-state index contributed by atoms with van der Waals surface area (Å²) in [5.74, 6) is -1.17. The molecular formula is C14H19BrFNO2. The number of carboxylic acids is 1. The zero-order valence-electron chi connectivity index (χ0n) is 11.1. The van der Waals surface area contributed by atoms with Crippen LogP contribution in [0.4, 0.5) is 4.39 Å². The summed E-state index contributed by atoms with van der Waals surface area (Å²) in [5, 5.41) is 12.2. The molecule has 0 aliphatic carbocycles. The highest BCUT2D eigenvalue weighted by atomic mass is 79.9. The summed E-state index contributed by atoms with van der Waals surface area (Å²) < 4.78 is 13.7. The molecule has 5 heteroatoms. The normalized spacial score (nSPS) is 12.7. The molecule has 0 amide bonds. The van der Waals surface area contributed by atoms with E-state index >= 15 is 0 Å². The highest BCUT2D eigenvalue weighted by Gasteiger charge is 2.18. The van der Waals surface area contributed by atoms with Crippen LogP contribution >= 0.6 is 15.9 Å². The first-order valence-corrected chi connectivity index (χ1v) is 7.07. The summed E-state index contributed by atoms with van der Waals surface area (Å²) in [7, 11) is 0. The summed E-state index contributed by atoms with van der Waals surface area (Å²) in [6.45, 7) is 4.83. The van der Waals surface area contributed by atoms with Gasteiger partial charge in [-0.05, 0) is 39.9 Å². The van der Waals surface area contributed by atoms with Crippen molar-refractivity contribution in [3.8, 4) is 0 Å². The Bertz CT molecular complexity index is 437. The molecule has 1 aromatic carbocycles. The molecule has 19 heavy (non-hydrogen) atoms. The molecule has 0 aromatic heterocycles. The summed E-state index contributed by atoms with van der Waals surface area (Å²) in [6.07, 6.45) is 0.632. The first kappa shape index (κ1) is 16.1. The van der Waals surface area contributed by atoms with Crippen LogP contribution < -0.4 is 5.32 Å². The lowest BCUT2D eigenvalue weighted by Crippen LogP contribution is -2.29. The SMILES string of the molecule is CC(C)CC(CNCc1cccc(F)c1Br)C(=O)O. The van der Waals surface area contributed by atoms with Crippen LogP contribution in [0.15, 0.2) is 22.7 Å². The van der Waals surface area contributed by atoms with Crippen molar-refractivity contribution in [2.45, 2.75) is 26.8 Å². The number of benzene rings is 1. The van der Waals surface area contributed by atoms with Crippen LogP contribution in [-0.4, -0.2) is 17.6 Å². The third-order valence-corrected chi connectivity index (χ3v) is 3.73. The summed E-state index contributed by atoms with van der Waals surface area (Å²) in [6, 6.07) is 4.82. The maximum atomic E-state index is 13.3. The minimum absolute atomic E-state index is 0.309. The predicted molar refractivity (Wildman–Crippen MR) is 76.4 cm³/mol. The summed E-state index contributed by atoms with van der Waals surface area (Å²) in [5.41, 5.74) is 0.786. The molecule has 1 aromatic rings. The van der Waals surface area contributed by atoms with Crippen molar-refractivity contribution < 1.29 is 14.3 Å². The smallest absolute Gasteiger partial charge is 0.307 e. The average molecular weight is 332 g/mol. The van der Waals surface area contributed by atoms with E-state index in [-0.39, 0.29) is 5.82 Å². The predicted octanol–water partition coefficient (Wildman–Crippen LogP) is 3.42. The lowest BCUT2D eigenvalue weighted by molar-refractivity contribution is -0.142. The highest BCUT2D eigenvalue weighted by Crippen LogP contribution is 2.20. The van der Waals surface area contributed by atoms with Gasteiger partial charge < -0.3 is 10.4 Å². The minimum Gasteiger partial charge on any atom is -0.481 e. The molecule has 1 atom stereocenters. The Morgan fingerprint density at radius 3 is 2.74 bits per heavy atom. The number of carboxylic acid groups (broad SMARTS) is 1. The van der Waals surface area contributed by atoms with Gasteiger partial charge in [-0.3, -0.25) is 4.79 Å². The standard InChI is InChI=1S/C14H19BrFNO2/c1-9(2)6-11(14(18)19)8-17-7-10-4-3-5-12(16)13(10)15/h3-5,9,11,17H,6-8H2,1-2H3,(H,18,19). The van der Waals surface area contributed by atoms with E-state index in [9.17, 15) is 9.18 Å². The molecule has 1 unspecified atom stereocenters. The molecule has 3 nitrogen and oxygen atoms in total. The largest absolute Gasteiger partial charge is 0.481 e. The quantitative estimate of drug-likeness (QED) is 0.804. The third-order valence-electron chi connectivity index (χ3n) is 2.84. The lowest BCUT2D eigenvalue weighted by atomic mass is 9.97. The molecule has 0 radical (unpaired) electrons. The van der Waals surface area contributed by atoms with Crippen LogP contribution in [0.5, 0.6) is 0 Å². The van der Waals surface area contributed by atoms with Gasteiger partial charge in [-0.15, -0.1) is 0 Å². The van der Waals surface area contributed by atoms with Crippen molar-refractivity contribution in [3.63, 3.8) is 0 Å². The molecular weight excluding hydrogens is 313 g/mol. The van der Waals surface area contributed by atoms with Gasteiger partial charge in [0.15, 0.2) is 0 Å². The van der Waals surface area contributed by atoms with E-state index in [0.717, 1.165) is 5.56 Å². The van der Waals surface area contributed by atoms with Crippen molar-refractivity contribution in [1.82, 2.24) is 5.32 Å². The maximum absolute atomic E-state index is 13.3. The summed E-state index contributed by atoms with van der Waals surface area (Å²) >= 11 is 3.19. The van der Waals surface area contributed by atoms with Crippen molar-refractivity contribution in [1.29, 1.82) is 0 Å². The van der Waals surface area contributed by atoms with Gasteiger partial charge in [0, 0.05) is 13.1 Å². The zero-order chi connectivity index (χ0) is 14.4. The van der Waals surface area contributed by atoms with Gasteiger partial charge in [0.25, 0.3) is 0 Å². The van der Waals surface area contributed by atoms with Gasteiger partial charge in [-0.25, -0.2) is 4.39 Å². The van der Waals surface area contributed by atoms with Crippen molar-refractivity contribution in [2.75, 3.05) is 6.54 Å². The molecule has 0 aliphatic heterocycles. The Labute approximate surface area is 121 Å². The Hall–Kier alpha value is -0.940. The highest BCUT2D eigenvalue weighted by molar-refractivity contribution is 9.10. The molecule has 106 valence electrons. The van der Waals surface area contributed by atoms with E-state index in [1.165, 1.54) is 6.07 Å². The molecule has 0 spiro atoms. The number of hydrogen-bond donors (Lipinski definition) is 2. The fourth-order valence-corrected chi connectivity index (χ4v) is 2.31. The van der Waals surface area contributed by atoms with Gasteiger partial charge in [-0.2, -0.15) is 0 Å². The second-order valence-electron chi connectivity index (χ2n) is 5.01. The Morgan fingerprint density at radius 2 is 2.16 bits per heavy atom. The third kappa shape index (κ3) is 5.28. The second kappa shape index (κ2) is 7.60. The fraction of sp³-hybridized carbons (Fsp3) is 0.500. The van der Waals surface area contributed by atoms with Crippen LogP contribution in [-0.2, 0) is 11.3 Å². The lowest BCUT2D eigenvalue weighted by Gasteiger charge is -2.15. The number of aliphatic carboxylic acids is 1. The van der Waals surface area contributed by atoms with Crippen molar-refractivity contribution >= 4 is 21.9 Å².